The molecule has 1 aromatic carbocycles. The van der Waals surface area contributed by atoms with Crippen LogP contribution < -0.4 is 5.32 Å². The quantitative estimate of drug-likeness (QED) is 0.575. The molecule has 0 aliphatic carbocycles. The lowest BCUT2D eigenvalue weighted by atomic mass is 10.1. The minimum Gasteiger partial charge on any atom is -0.507 e. The molecule has 1 fully saturated rings. The first-order valence-corrected chi connectivity index (χ1v) is 9.87. The maximum atomic E-state index is 10.3. The number of halogens is 1. The molecule has 1 atom stereocenters. The van der Waals surface area contributed by atoms with Crippen LogP contribution in [0.2, 0.25) is 0 Å². The van der Waals surface area contributed by atoms with Gasteiger partial charge in [-0.1, -0.05) is 15.9 Å². The van der Waals surface area contributed by atoms with Crippen molar-refractivity contribution in [2.45, 2.75) is 18.9 Å². The lowest BCUT2D eigenvalue weighted by Gasteiger charge is -2.32. The summed E-state index contributed by atoms with van der Waals surface area (Å²) in [6, 6.07) is 9.53. The third-order valence-corrected chi connectivity index (χ3v) is 5.43. The van der Waals surface area contributed by atoms with Crippen LogP contribution in [0.25, 0.3) is 16.8 Å². The van der Waals surface area contributed by atoms with Crippen molar-refractivity contribution >= 4 is 27.4 Å². The Hall–Kier alpha value is -2.16. The highest BCUT2D eigenvalue weighted by Crippen LogP contribution is 2.33. The van der Waals surface area contributed by atoms with Gasteiger partial charge < -0.3 is 15.5 Å². The molecule has 0 amide bonds. The van der Waals surface area contributed by atoms with Crippen LogP contribution in [0, 0.1) is 0 Å². The van der Waals surface area contributed by atoms with Crippen molar-refractivity contribution in [3.63, 3.8) is 0 Å². The predicted molar refractivity (Wildman–Crippen MR) is 108 cm³/mol. The second-order valence-corrected chi connectivity index (χ2v) is 7.72. The Labute approximate surface area is 165 Å². The third kappa shape index (κ3) is 3.78. The molecule has 27 heavy (non-hydrogen) atoms. The van der Waals surface area contributed by atoms with Gasteiger partial charge >= 0.3 is 0 Å². The number of benzene rings is 1. The molecule has 3 heterocycles. The number of fused-ring (bicyclic) bond motifs is 1. The largest absolute Gasteiger partial charge is 0.507 e. The average molecular weight is 432 g/mol. The van der Waals surface area contributed by atoms with E-state index >= 15 is 0 Å². The van der Waals surface area contributed by atoms with Crippen LogP contribution in [0.1, 0.15) is 12.8 Å². The summed E-state index contributed by atoms with van der Waals surface area (Å²) >= 11 is 3.36. The van der Waals surface area contributed by atoms with E-state index in [4.69, 9.17) is 0 Å². The predicted octanol–water partition coefficient (Wildman–Crippen LogP) is 2.73. The van der Waals surface area contributed by atoms with E-state index in [9.17, 15) is 10.2 Å². The molecule has 0 spiro atoms. The lowest BCUT2D eigenvalue weighted by Crippen LogP contribution is -2.43. The van der Waals surface area contributed by atoms with E-state index in [2.05, 4.69) is 36.3 Å². The number of aliphatic hydroxyl groups excluding tert-OH is 1. The van der Waals surface area contributed by atoms with Crippen LogP contribution in [0.4, 0.5) is 5.95 Å². The Balaban J connectivity index is 1.63. The molecular formula is C19H22BrN5O2. The lowest BCUT2D eigenvalue weighted by molar-refractivity contribution is 0.166. The maximum absolute atomic E-state index is 10.3. The summed E-state index contributed by atoms with van der Waals surface area (Å²) < 4.78 is 2.78. The fraction of sp³-hybridized carbons (Fsp3) is 0.368. The zero-order valence-corrected chi connectivity index (χ0v) is 16.4. The Morgan fingerprint density at radius 3 is 2.96 bits per heavy atom. The molecule has 2 aromatic heterocycles. The van der Waals surface area contributed by atoms with Crippen molar-refractivity contribution < 1.29 is 10.2 Å². The van der Waals surface area contributed by atoms with E-state index in [0.717, 1.165) is 35.9 Å². The highest BCUT2D eigenvalue weighted by Gasteiger charge is 2.21. The van der Waals surface area contributed by atoms with Crippen LogP contribution in [-0.2, 0) is 0 Å². The van der Waals surface area contributed by atoms with Gasteiger partial charge in [0, 0.05) is 35.4 Å². The summed E-state index contributed by atoms with van der Waals surface area (Å²) in [5.41, 5.74) is 2.17. The van der Waals surface area contributed by atoms with E-state index in [0.29, 0.717) is 23.8 Å². The number of likely N-dealkylation sites (tertiary alicyclic amines) is 1. The van der Waals surface area contributed by atoms with E-state index in [1.54, 1.807) is 6.07 Å². The van der Waals surface area contributed by atoms with Crippen molar-refractivity contribution in [2.75, 3.05) is 31.6 Å². The number of hydrogen-bond donors (Lipinski definition) is 3. The first kappa shape index (κ1) is 18.2. The molecule has 3 N–H and O–H groups in total. The Bertz CT molecular complexity index is 943. The van der Waals surface area contributed by atoms with E-state index in [1.807, 2.05) is 34.9 Å². The Kier molecular flexibility index (Phi) is 5.29. The summed E-state index contributed by atoms with van der Waals surface area (Å²) in [6.45, 7) is 2.77. The van der Waals surface area contributed by atoms with Gasteiger partial charge in [-0.3, -0.25) is 9.30 Å². The molecule has 0 radical (unpaired) electrons. The normalized spacial score (nSPS) is 18.1. The van der Waals surface area contributed by atoms with Crippen LogP contribution in [0.3, 0.4) is 0 Å². The number of hydrogen-bond acceptors (Lipinski definition) is 6. The second kappa shape index (κ2) is 7.84. The van der Waals surface area contributed by atoms with Gasteiger partial charge in [0.05, 0.1) is 12.1 Å². The van der Waals surface area contributed by atoms with Crippen LogP contribution in [-0.4, -0.2) is 62.0 Å². The van der Waals surface area contributed by atoms with E-state index in [-0.39, 0.29) is 18.4 Å². The number of anilines is 1. The summed E-state index contributed by atoms with van der Waals surface area (Å²) in [5.74, 6) is 0.848. The number of phenolic OH excluding ortho intramolecular Hbond substituents is 1. The van der Waals surface area contributed by atoms with Gasteiger partial charge in [0.2, 0.25) is 5.95 Å². The minimum absolute atomic E-state index is 0.161. The van der Waals surface area contributed by atoms with Crippen molar-refractivity contribution in [3.05, 3.63) is 41.0 Å². The number of phenols is 1. The smallest absolute Gasteiger partial charge is 0.228 e. The third-order valence-electron chi connectivity index (χ3n) is 4.93. The second-order valence-electron chi connectivity index (χ2n) is 6.80. The number of nitrogens with zero attached hydrogens (tertiary/aromatic N) is 4. The first-order chi connectivity index (χ1) is 13.2. The van der Waals surface area contributed by atoms with Crippen molar-refractivity contribution in [1.29, 1.82) is 0 Å². The molecule has 1 aliphatic heterocycles. The van der Waals surface area contributed by atoms with Crippen molar-refractivity contribution in [1.82, 2.24) is 19.5 Å². The first-order valence-electron chi connectivity index (χ1n) is 9.08. The molecule has 8 heteroatoms. The van der Waals surface area contributed by atoms with Gasteiger partial charge in [0.1, 0.15) is 11.4 Å². The number of rotatable bonds is 5. The minimum atomic E-state index is 0.161. The molecular weight excluding hydrogens is 410 g/mol. The summed E-state index contributed by atoms with van der Waals surface area (Å²) in [7, 11) is 0. The number of aromatic hydroxyl groups is 1. The Morgan fingerprint density at radius 2 is 2.15 bits per heavy atom. The maximum Gasteiger partial charge on any atom is 0.228 e. The van der Waals surface area contributed by atoms with Gasteiger partial charge in [-0.2, -0.15) is 0 Å². The number of nitrogens with one attached hydrogen (secondary N) is 1. The highest BCUT2D eigenvalue weighted by molar-refractivity contribution is 9.10. The molecule has 0 unspecified atom stereocenters. The fourth-order valence-corrected chi connectivity index (χ4v) is 4.00. The summed E-state index contributed by atoms with van der Waals surface area (Å²) in [5, 5.41) is 31.8. The fourth-order valence-electron chi connectivity index (χ4n) is 3.65. The SMILES string of the molecule is OCCN1CCC[C@@H](Nc2nnc(-c3ccc(Br)cc3O)c3cccn23)C1. The zero-order valence-electron chi connectivity index (χ0n) is 14.8. The number of aliphatic hydroxyl groups is 1. The molecule has 142 valence electrons. The monoisotopic (exact) mass is 431 g/mol. The van der Waals surface area contributed by atoms with Gasteiger partial charge in [0.15, 0.2) is 0 Å². The molecule has 1 aliphatic rings. The van der Waals surface area contributed by atoms with Crippen LogP contribution in [0.15, 0.2) is 41.0 Å². The van der Waals surface area contributed by atoms with Gasteiger partial charge in [-0.15, -0.1) is 10.2 Å². The Morgan fingerprint density at radius 1 is 1.26 bits per heavy atom. The number of piperidine rings is 1. The zero-order chi connectivity index (χ0) is 18.8. The van der Waals surface area contributed by atoms with Gasteiger partial charge in [-0.05, 0) is 49.7 Å². The number of aromatic nitrogens is 3. The number of β-amino-alcohol motifs (C(OH)–C–C–N with tert-alkyl or cyclic N) is 1. The van der Waals surface area contributed by atoms with E-state index in [1.165, 1.54) is 0 Å². The van der Waals surface area contributed by atoms with Crippen LogP contribution in [0.5, 0.6) is 5.75 Å². The molecule has 1 saturated heterocycles. The summed E-state index contributed by atoms with van der Waals surface area (Å²) in [4.78, 5) is 2.26. The molecule has 7 nitrogen and oxygen atoms in total. The molecule has 0 bridgehead atoms. The standard InChI is InChI=1S/C19H22BrN5O2/c20-13-5-6-15(17(27)11-13)18-16-4-2-8-25(16)19(23-22-18)21-14-3-1-7-24(12-14)9-10-26/h2,4-6,8,11,14,26-27H,1,3,7,9-10,12H2,(H,21,23)/t14-/m1/s1. The van der Waals surface area contributed by atoms with Gasteiger partial charge in [0.25, 0.3) is 0 Å². The molecule has 0 saturated carbocycles. The molecule has 3 aromatic rings. The topological polar surface area (TPSA) is 85.9 Å². The highest BCUT2D eigenvalue weighted by atomic mass is 79.9. The van der Waals surface area contributed by atoms with Gasteiger partial charge in [-0.25, -0.2) is 0 Å². The summed E-state index contributed by atoms with van der Waals surface area (Å²) in [6.07, 6.45) is 4.09. The average Bonchev–Trinajstić information content (AvgIpc) is 3.14. The van der Waals surface area contributed by atoms with Crippen LogP contribution >= 0.6 is 15.9 Å². The van der Waals surface area contributed by atoms with Crippen molar-refractivity contribution in [2.24, 2.45) is 0 Å². The van der Waals surface area contributed by atoms with Crippen molar-refractivity contribution in [3.8, 4) is 17.0 Å². The van der Waals surface area contributed by atoms with E-state index < -0.39 is 0 Å². The molecule has 4 rings (SSSR count).